The quantitative estimate of drug-likeness (QED) is 0.600. The summed E-state index contributed by atoms with van der Waals surface area (Å²) in [6.07, 6.45) is 0. The van der Waals surface area contributed by atoms with Crippen LogP contribution in [0.2, 0.25) is 0 Å². The minimum Gasteiger partial charge on any atom is -0.306 e. The zero-order chi connectivity index (χ0) is 14.9. The molecule has 20 heavy (non-hydrogen) atoms. The van der Waals surface area contributed by atoms with E-state index < -0.39 is 5.51 Å². The maximum Gasteiger partial charge on any atom is 0.446 e. The number of hydrogen-bond donors (Lipinski definition) is 1. The molecule has 0 amide bonds. The number of nitrogens with one attached hydrogen (secondary N) is 1. The van der Waals surface area contributed by atoms with Crippen LogP contribution in [0, 0.1) is 10.5 Å². The number of benzene rings is 1. The Morgan fingerprint density at radius 2 is 1.85 bits per heavy atom. The van der Waals surface area contributed by atoms with Crippen LogP contribution in [0.25, 0.3) is 11.4 Å². The number of H-pyrrole nitrogens is 1. The van der Waals surface area contributed by atoms with Crippen LogP contribution in [-0.2, 0) is 0 Å². The summed E-state index contributed by atoms with van der Waals surface area (Å²) in [4.78, 5) is 18.5. The van der Waals surface area contributed by atoms with Crippen LogP contribution in [0.3, 0.4) is 0 Å². The highest BCUT2D eigenvalue weighted by Gasteiger charge is 2.29. The van der Waals surface area contributed by atoms with Crippen LogP contribution < -0.4 is 5.56 Å². The van der Waals surface area contributed by atoms with E-state index in [4.69, 9.17) is 0 Å². The Bertz CT molecular complexity index is 683. The van der Waals surface area contributed by atoms with Gasteiger partial charge in [-0.15, -0.1) is 0 Å². The van der Waals surface area contributed by atoms with E-state index in [1.807, 2.05) is 22.6 Å². The maximum atomic E-state index is 12.2. The molecule has 2 rings (SSSR count). The first-order chi connectivity index (χ1) is 9.26. The van der Waals surface area contributed by atoms with E-state index >= 15 is 0 Å². The number of hydrogen-bond acceptors (Lipinski definition) is 3. The normalized spacial score (nSPS) is 11.7. The Morgan fingerprint density at radius 1 is 1.25 bits per heavy atom. The van der Waals surface area contributed by atoms with Crippen LogP contribution in [0.4, 0.5) is 13.2 Å². The molecule has 0 saturated carbocycles. The monoisotopic (exact) mass is 412 g/mol. The van der Waals surface area contributed by atoms with Crippen molar-refractivity contribution in [2.24, 2.45) is 0 Å². The van der Waals surface area contributed by atoms with Crippen molar-refractivity contribution in [2.45, 2.75) is 17.3 Å². The van der Waals surface area contributed by atoms with Crippen LogP contribution in [0.5, 0.6) is 0 Å². The van der Waals surface area contributed by atoms with Crippen molar-refractivity contribution in [1.82, 2.24) is 9.97 Å². The molecule has 8 heteroatoms. The summed E-state index contributed by atoms with van der Waals surface area (Å²) in [5.41, 5.74) is -3.43. The van der Waals surface area contributed by atoms with Crippen molar-refractivity contribution in [3.8, 4) is 11.4 Å². The topological polar surface area (TPSA) is 45.8 Å². The lowest BCUT2D eigenvalue weighted by molar-refractivity contribution is -0.0328. The first-order valence-electron chi connectivity index (χ1n) is 5.39. The number of rotatable bonds is 2. The maximum absolute atomic E-state index is 12.2. The third-order valence-corrected chi connectivity index (χ3v) is 4.40. The summed E-state index contributed by atoms with van der Waals surface area (Å²) in [6.45, 7) is 1.70. The molecule has 2 aromatic rings. The Hall–Kier alpha value is -1.03. The minimum absolute atomic E-state index is 0.0887. The molecular formula is C12H8F3IN2OS. The lowest BCUT2D eigenvalue weighted by atomic mass is 10.2. The zero-order valence-electron chi connectivity index (χ0n) is 10.1. The van der Waals surface area contributed by atoms with Gasteiger partial charge >= 0.3 is 5.51 Å². The van der Waals surface area contributed by atoms with Gasteiger partial charge in [-0.1, -0.05) is 12.1 Å². The van der Waals surface area contributed by atoms with Gasteiger partial charge in [0.25, 0.3) is 5.56 Å². The molecule has 0 aliphatic heterocycles. The number of aromatic amines is 1. The Balaban J connectivity index is 2.33. The third kappa shape index (κ3) is 3.75. The highest BCUT2D eigenvalue weighted by Crippen LogP contribution is 2.37. The van der Waals surface area contributed by atoms with E-state index in [2.05, 4.69) is 9.97 Å². The van der Waals surface area contributed by atoms with Gasteiger partial charge in [-0.25, -0.2) is 4.98 Å². The largest absolute Gasteiger partial charge is 0.446 e. The fourth-order valence-corrected chi connectivity index (χ4v) is 2.32. The predicted molar refractivity (Wildman–Crippen MR) is 79.7 cm³/mol. The Morgan fingerprint density at radius 3 is 2.35 bits per heavy atom. The molecule has 0 radical (unpaired) electrons. The fraction of sp³-hybridized carbons (Fsp3) is 0.167. The van der Waals surface area contributed by atoms with E-state index in [1.54, 1.807) is 6.92 Å². The van der Waals surface area contributed by atoms with Crippen molar-refractivity contribution >= 4 is 34.4 Å². The van der Waals surface area contributed by atoms with Gasteiger partial charge in [0.05, 0.1) is 9.26 Å². The van der Waals surface area contributed by atoms with Gasteiger partial charge in [-0.05, 0) is 53.4 Å². The highest BCUT2D eigenvalue weighted by molar-refractivity contribution is 14.1. The standard InChI is InChI=1S/C12H8F3IN2OS/c1-6-9(16)11(19)18-10(17-6)7-2-4-8(5-3-7)20-12(13,14)15/h2-5H,1H3,(H,17,18,19). The van der Waals surface area contributed by atoms with Gasteiger partial charge in [0.1, 0.15) is 5.82 Å². The number of thioether (sulfide) groups is 1. The second-order valence-corrected chi connectivity index (χ2v) is 6.10. The molecule has 1 aromatic carbocycles. The summed E-state index contributed by atoms with van der Waals surface area (Å²) in [5, 5.41) is 0. The zero-order valence-corrected chi connectivity index (χ0v) is 13.1. The number of halogens is 4. The average molecular weight is 412 g/mol. The summed E-state index contributed by atoms with van der Waals surface area (Å²) >= 11 is 1.71. The van der Waals surface area contributed by atoms with E-state index in [9.17, 15) is 18.0 Å². The molecule has 0 atom stereocenters. The smallest absolute Gasteiger partial charge is 0.306 e. The highest BCUT2D eigenvalue weighted by atomic mass is 127. The second-order valence-electron chi connectivity index (χ2n) is 3.89. The van der Waals surface area contributed by atoms with Gasteiger partial charge in [0.15, 0.2) is 0 Å². The summed E-state index contributed by atoms with van der Waals surface area (Å²) in [6, 6.07) is 5.69. The van der Waals surface area contributed by atoms with Crippen molar-refractivity contribution in [1.29, 1.82) is 0 Å². The second kappa shape index (κ2) is 5.76. The Kier molecular flexibility index (Phi) is 4.43. The molecular weight excluding hydrogens is 404 g/mol. The van der Waals surface area contributed by atoms with E-state index in [-0.39, 0.29) is 22.2 Å². The first kappa shape index (κ1) is 15.4. The van der Waals surface area contributed by atoms with Crippen LogP contribution >= 0.6 is 34.4 Å². The lowest BCUT2D eigenvalue weighted by Crippen LogP contribution is -2.14. The van der Waals surface area contributed by atoms with E-state index in [0.29, 0.717) is 20.7 Å². The van der Waals surface area contributed by atoms with Crippen molar-refractivity contribution in [2.75, 3.05) is 0 Å². The van der Waals surface area contributed by atoms with E-state index in [1.165, 1.54) is 24.3 Å². The fourth-order valence-electron chi connectivity index (χ4n) is 1.52. The van der Waals surface area contributed by atoms with Crippen LogP contribution in [0.15, 0.2) is 34.0 Å². The summed E-state index contributed by atoms with van der Waals surface area (Å²) < 4.78 is 37.1. The van der Waals surface area contributed by atoms with Gasteiger partial charge in [-0.3, -0.25) is 4.79 Å². The molecule has 1 heterocycles. The molecule has 3 nitrogen and oxygen atoms in total. The first-order valence-corrected chi connectivity index (χ1v) is 7.28. The number of nitrogens with zero attached hydrogens (tertiary/aromatic N) is 1. The van der Waals surface area contributed by atoms with Gasteiger partial charge in [0, 0.05) is 10.5 Å². The predicted octanol–water partition coefficient (Wildman–Crippen LogP) is 3.96. The third-order valence-electron chi connectivity index (χ3n) is 2.39. The molecule has 0 aliphatic carbocycles. The molecule has 106 valence electrons. The van der Waals surface area contributed by atoms with Gasteiger partial charge < -0.3 is 4.98 Å². The SMILES string of the molecule is Cc1nc(-c2ccc(SC(F)(F)F)cc2)[nH]c(=O)c1I. The van der Waals surface area contributed by atoms with Crippen molar-refractivity contribution in [3.63, 3.8) is 0 Å². The van der Waals surface area contributed by atoms with Crippen LogP contribution in [0.1, 0.15) is 5.69 Å². The number of alkyl halides is 3. The number of aromatic nitrogens is 2. The van der Waals surface area contributed by atoms with E-state index in [0.717, 1.165) is 0 Å². The molecule has 0 spiro atoms. The van der Waals surface area contributed by atoms with Crippen molar-refractivity contribution < 1.29 is 13.2 Å². The average Bonchev–Trinajstić information content (AvgIpc) is 2.34. The summed E-state index contributed by atoms with van der Waals surface area (Å²) in [5.74, 6) is 0.344. The lowest BCUT2D eigenvalue weighted by Gasteiger charge is -2.07. The summed E-state index contributed by atoms with van der Waals surface area (Å²) in [7, 11) is 0. The van der Waals surface area contributed by atoms with Crippen LogP contribution in [-0.4, -0.2) is 15.5 Å². The molecule has 0 saturated heterocycles. The van der Waals surface area contributed by atoms with Gasteiger partial charge in [0.2, 0.25) is 0 Å². The minimum atomic E-state index is -4.31. The number of aryl methyl sites for hydroxylation is 1. The molecule has 0 aliphatic rings. The molecule has 1 aromatic heterocycles. The molecule has 0 fully saturated rings. The van der Waals surface area contributed by atoms with Gasteiger partial charge in [-0.2, -0.15) is 13.2 Å². The molecule has 0 unspecified atom stereocenters. The molecule has 1 N–H and O–H groups in total. The molecule has 0 bridgehead atoms. The Labute approximate surface area is 130 Å². The van der Waals surface area contributed by atoms with Crippen molar-refractivity contribution in [3.05, 3.63) is 43.9 Å².